The number of nitrogens with zero attached hydrogens (tertiary/aromatic N) is 2. The lowest BCUT2D eigenvalue weighted by atomic mass is 10.0. The molecule has 2 N–H and O–H groups in total. The third-order valence-corrected chi connectivity index (χ3v) is 7.25. The lowest BCUT2D eigenvalue weighted by molar-refractivity contribution is 0.102. The summed E-state index contributed by atoms with van der Waals surface area (Å²) in [6.07, 6.45) is 0. The van der Waals surface area contributed by atoms with Crippen molar-refractivity contribution in [1.29, 1.82) is 0 Å². The number of carbonyl (C=O) groups excluding carboxylic acids is 2. The molecule has 0 bridgehead atoms. The highest BCUT2D eigenvalue weighted by Gasteiger charge is 2.32. The summed E-state index contributed by atoms with van der Waals surface area (Å²) in [6.45, 7) is 0. The maximum absolute atomic E-state index is 13.9. The van der Waals surface area contributed by atoms with E-state index >= 15 is 0 Å². The molecule has 0 aliphatic carbocycles. The maximum atomic E-state index is 13.9. The van der Waals surface area contributed by atoms with E-state index in [1.54, 1.807) is 60.7 Å². The average Bonchev–Trinajstić information content (AvgIpc) is 3.52. The second-order valence-corrected chi connectivity index (χ2v) is 9.63. The highest BCUT2D eigenvalue weighted by atomic mass is 32.1. The lowest BCUT2D eigenvalue weighted by Crippen LogP contribution is -2.15. The molecular formula is C31H21N3O3S. The van der Waals surface area contributed by atoms with E-state index in [9.17, 15) is 14.7 Å². The van der Waals surface area contributed by atoms with Crippen molar-refractivity contribution in [3.63, 3.8) is 0 Å². The highest BCUT2D eigenvalue weighted by Crippen LogP contribution is 2.45. The van der Waals surface area contributed by atoms with Gasteiger partial charge in [0.1, 0.15) is 10.8 Å². The second-order valence-electron chi connectivity index (χ2n) is 8.60. The van der Waals surface area contributed by atoms with E-state index in [1.807, 2.05) is 54.6 Å². The molecule has 2 aromatic heterocycles. The Morgan fingerprint density at radius 2 is 1.32 bits per heavy atom. The van der Waals surface area contributed by atoms with Gasteiger partial charge in [-0.25, -0.2) is 4.98 Å². The molecule has 6 rings (SSSR count). The summed E-state index contributed by atoms with van der Waals surface area (Å²) in [6, 6.07) is 34.3. The Hall–Kier alpha value is -5.01. The first kappa shape index (κ1) is 23.4. The second kappa shape index (κ2) is 9.80. The van der Waals surface area contributed by atoms with Gasteiger partial charge in [0.05, 0.1) is 27.0 Å². The van der Waals surface area contributed by atoms with Gasteiger partial charge in [0.2, 0.25) is 5.88 Å². The number of aromatic hydroxyl groups is 1. The number of thiazole rings is 1. The van der Waals surface area contributed by atoms with E-state index in [0.717, 1.165) is 10.2 Å². The van der Waals surface area contributed by atoms with E-state index in [2.05, 4.69) is 5.32 Å². The van der Waals surface area contributed by atoms with Gasteiger partial charge in [-0.2, -0.15) is 0 Å². The molecule has 0 fully saturated rings. The van der Waals surface area contributed by atoms with E-state index in [-0.39, 0.29) is 29.0 Å². The first-order valence-corrected chi connectivity index (χ1v) is 12.8. The zero-order chi connectivity index (χ0) is 26.1. The number of para-hydroxylation sites is 2. The van der Waals surface area contributed by atoms with Gasteiger partial charge in [-0.1, -0.05) is 78.9 Å². The number of amides is 1. The predicted molar refractivity (Wildman–Crippen MR) is 150 cm³/mol. The van der Waals surface area contributed by atoms with Crippen molar-refractivity contribution in [1.82, 2.24) is 9.55 Å². The van der Waals surface area contributed by atoms with Crippen LogP contribution in [0, 0.1) is 0 Å². The molecule has 0 unspecified atom stereocenters. The fourth-order valence-corrected chi connectivity index (χ4v) is 5.43. The van der Waals surface area contributed by atoms with Crippen molar-refractivity contribution >= 4 is 39.1 Å². The molecule has 0 saturated carbocycles. The minimum absolute atomic E-state index is 0.0717. The summed E-state index contributed by atoms with van der Waals surface area (Å²) in [5, 5.41) is 15.2. The fourth-order valence-electron chi connectivity index (χ4n) is 4.41. The molecule has 0 saturated heterocycles. The summed E-state index contributed by atoms with van der Waals surface area (Å²) < 4.78 is 2.42. The van der Waals surface area contributed by atoms with E-state index in [1.165, 1.54) is 15.9 Å². The van der Waals surface area contributed by atoms with Crippen molar-refractivity contribution < 1.29 is 14.7 Å². The van der Waals surface area contributed by atoms with E-state index in [0.29, 0.717) is 27.4 Å². The number of carbonyl (C=O) groups is 2. The zero-order valence-corrected chi connectivity index (χ0v) is 20.9. The summed E-state index contributed by atoms with van der Waals surface area (Å²) in [4.78, 5) is 32.1. The number of aromatic nitrogens is 2. The van der Waals surface area contributed by atoms with Crippen LogP contribution in [0.1, 0.15) is 26.3 Å². The number of hydrogen-bond acceptors (Lipinski definition) is 5. The van der Waals surface area contributed by atoms with Crippen LogP contribution in [0.2, 0.25) is 0 Å². The van der Waals surface area contributed by atoms with Crippen LogP contribution < -0.4 is 5.32 Å². The molecule has 7 heteroatoms. The van der Waals surface area contributed by atoms with Gasteiger partial charge in [-0.05, 0) is 36.4 Å². The number of fused-ring (bicyclic) bond motifs is 1. The van der Waals surface area contributed by atoms with E-state index in [4.69, 9.17) is 4.98 Å². The first-order chi connectivity index (χ1) is 18.6. The molecule has 0 atom stereocenters. The Kier molecular flexibility index (Phi) is 6.03. The van der Waals surface area contributed by atoms with Crippen LogP contribution in [0.4, 0.5) is 5.82 Å². The molecule has 0 aliphatic heterocycles. The topological polar surface area (TPSA) is 84.2 Å². The van der Waals surface area contributed by atoms with Gasteiger partial charge in [-0.3, -0.25) is 14.2 Å². The minimum Gasteiger partial charge on any atom is -0.494 e. The number of anilines is 1. The zero-order valence-electron chi connectivity index (χ0n) is 20.0. The van der Waals surface area contributed by atoms with Gasteiger partial charge < -0.3 is 10.4 Å². The highest BCUT2D eigenvalue weighted by molar-refractivity contribution is 7.21. The van der Waals surface area contributed by atoms with E-state index < -0.39 is 0 Å². The lowest BCUT2D eigenvalue weighted by Gasteiger charge is -2.13. The summed E-state index contributed by atoms with van der Waals surface area (Å²) in [5.74, 6) is -0.757. The van der Waals surface area contributed by atoms with Crippen molar-refractivity contribution in [3.8, 4) is 22.1 Å². The van der Waals surface area contributed by atoms with Gasteiger partial charge in [-0.15, -0.1) is 11.3 Å². The Labute approximate surface area is 222 Å². The third kappa shape index (κ3) is 4.15. The minimum atomic E-state index is -0.374. The molecule has 2 heterocycles. The number of hydrogen-bond donors (Lipinski definition) is 2. The number of nitrogens with one attached hydrogen (secondary N) is 1. The third-order valence-electron chi connectivity index (χ3n) is 6.20. The predicted octanol–water partition coefficient (Wildman–Crippen LogP) is 6.94. The van der Waals surface area contributed by atoms with Crippen LogP contribution in [0.15, 0.2) is 115 Å². The van der Waals surface area contributed by atoms with Crippen LogP contribution in [0.25, 0.3) is 26.5 Å². The van der Waals surface area contributed by atoms with Crippen LogP contribution in [-0.2, 0) is 0 Å². The monoisotopic (exact) mass is 515 g/mol. The van der Waals surface area contributed by atoms with Crippen LogP contribution >= 0.6 is 11.3 Å². The molecule has 38 heavy (non-hydrogen) atoms. The summed E-state index contributed by atoms with van der Waals surface area (Å²) in [5.41, 5.74) is 2.64. The molecule has 6 nitrogen and oxygen atoms in total. The molecule has 1 amide bonds. The largest absolute Gasteiger partial charge is 0.494 e. The standard InChI is InChI=1S/C31H21N3O3S/c35-27(20-12-4-1-5-13-20)25-26(30-32-23-18-10-11-19-24(23)38-30)28(33-29(36)21-14-6-2-7-15-21)34(31(25)37)22-16-8-3-9-17-22/h1-19,37H,(H,33,36). The molecule has 0 spiro atoms. The van der Waals surface area contributed by atoms with Crippen molar-refractivity contribution in [2.45, 2.75) is 0 Å². The van der Waals surface area contributed by atoms with Gasteiger partial charge in [0, 0.05) is 11.1 Å². The normalized spacial score (nSPS) is 10.9. The molecule has 4 aromatic carbocycles. The Balaban J connectivity index is 1.65. The summed E-state index contributed by atoms with van der Waals surface area (Å²) in [7, 11) is 0. The smallest absolute Gasteiger partial charge is 0.256 e. The summed E-state index contributed by atoms with van der Waals surface area (Å²) >= 11 is 1.39. The Morgan fingerprint density at radius 3 is 1.97 bits per heavy atom. The van der Waals surface area contributed by atoms with Crippen LogP contribution in [-0.4, -0.2) is 26.3 Å². The average molecular weight is 516 g/mol. The van der Waals surface area contributed by atoms with Crippen LogP contribution in [0.5, 0.6) is 5.88 Å². The number of ketones is 1. The fraction of sp³-hybridized carbons (Fsp3) is 0. The van der Waals surface area contributed by atoms with Crippen molar-refractivity contribution in [2.24, 2.45) is 0 Å². The molecule has 0 aliphatic rings. The van der Waals surface area contributed by atoms with Crippen molar-refractivity contribution in [3.05, 3.63) is 132 Å². The number of benzene rings is 4. The van der Waals surface area contributed by atoms with Gasteiger partial charge >= 0.3 is 0 Å². The molecule has 0 radical (unpaired) electrons. The Morgan fingerprint density at radius 1 is 0.737 bits per heavy atom. The van der Waals surface area contributed by atoms with Gasteiger partial charge in [0.15, 0.2) is 5.78 Å². The maximum Gasteiger partial charge on any atom is 0.256 e. The quantitative estimate of drug-likeness (QED) is 0.235. The van der Waals surface area contributed by atoms with Crippen molar-refractivity contribution in [2.75, 3.05) is 5.32 Å². The number of rotatable bonds is 6. The Bertz CT molecular complexity index is 1740. The SMILES string of the molecule is O=C(Nc1c(-c2nc3ccccc3s2)c(C(=O)c2ccccc2)c(O)n1-c1ccccc1)c1ccccc1. The molecule has 6 aromatic rings. The first-order valence-electron chi connectivity index (χ1n) is 12.0. The van der Waals surface area contributed by atoms with Crippen LogP contribution in [0.3, 0.4) is 0 Å². The molecule has 184 valence electrons. The molecular weight excluding hydrogens is 494 g/mol. The van der Waals surface area contributed by atoms with Gasteiger partial charge in [0.25, 0.3) is 5.91 Å².